The van der Waals surface area contributed by atoms with Gasteiger partial charge in [0.1, 0.15) is 24.3 Å². The first-order chi connectivity index (χ1) is 23.0. The number of piperidine rings is 2. The third-order valence-electron chi connectivity index (χ3n) is 8.56. The van der Waals surface area contributed by atoms with Crippen LogP contribution in [0.5, 0.6) is 0 Å². The van der Waals surface area contributed by atoms with Crippen LogP contribution in [0.25, 0.3) is 0 Å². The highest BCUT2D eigenvalue weighted by molar-refractivity contribution is 5.87. The maximum Gasteiger partial charge on any atom is 0.408 e. The monoisotopic (exact) mass is 654 g/mol. The molecule has 2 saturated heterocycles. The Labute approximate surface area is 282 Å². The second-order valence-corrected chi connectivity index (χ2v) is 13.8. The number of likely N-dealkylation sites (tertiary alicyclic amines) is 2. The van der Waals surface area contributed by atoms with Crippen molar-refractivity contribution in [2.24, 2.45) is 11.8 Å². The molecular weight excluding hydrogens is 608 g/mol. The highest BCUT2D eigenvalue weighted by Gasteiger charge is 2.41. The normalized spacial score (nSPS) is 18.6. The summed E-state index contributed by atoms with van der Waals surface area (Å²) in [7, 11) is 0. The van der Waals surface area contributed by atoms with E-state index in [1.54, 1.807) is 20.8 Å². The fourth-order valence-electron chi connectivity index (χ4n) is 6.54. The number of alkyl carbamates (subject to hydrolysis) is 2. The smallest absolute Gasteiger partial charge is 0.408 e. The molecule has 3 aromatic carbocycles. The van der Waals surface area contributed by atoms with Crippen molar-refractivity contribution in [1.29, 1.82) is 0 Å². The summed E-state index contributed by atoms with van der Waals surface area (Å²) in [6.45, 7) is 7.33. The fraction of sp³-hybridized carbons (Fsp3) is 0.421. The first kappa shape index (κ1) is 34.5. The highest BCUT2D eigenvalue weighted by Crippen LogP contribution is 2.30. The maximum atomic E-state index is 14.0. The summed E-state index contributed by atoms with van der Waals surface area (Å²) in [5, 5.41) is 5.65. The van der Waals surface area contributed by atoms with Crippen molar-refractivity contribution in [2.45, 2.75) is 64.3 Å². The van der Waals surface area contributed by atoms with E-state index < -0.39 is 29.9 Å². The predicted molar refractivity (Wildman–Crippen MR) is 182 cm³/mol. The zero-order valence-electron chi connectivity index (χ0n) is 28.0. The van der Waals surface area contributed by atoms with Gasteiger partial charge in [-0.15, -0.1) is 0 Å². The van der Waals surface area contributed by atoms with Crippen LogP contribution in [0, 0.1) is 11.8 Å². The van der Waals surface area contributed by atoms with Crippen molar-refractivity contribution in [2.75, 3.05) is 26.2 Å². The number of benzene rings is 3. The second kappa shape index (κ2) is 15.8. The number of nitrogens with zero attached hydrogens (tertiary/aromatic N) is 2. The summed E-state index contributed by atoms with van der Waals surface area (Å²) < 4.78 is 10.9. The molecule has 254 valence electrons. The van der Waals surface area contributed by atoms with Gasteiger partial charge in [-0.2, -0.15) is 0 Å². The molecule has 2 aliphatic rings. The molecule has 10 nitrogen and oxygen atoms in total. The van der Waals surface area contributed by atoms with Gasteiger partial charge in [-0.1, -0.05) is 91.0 Å². The van der Waals surface area contributed by atoms with Crippen molar-refractivity contribution in [3.8, 4) is 0 Å². The quantitative estimate of drug-likeness (QED) is 0.319. The number of amides is 4. The van der Waals surface area contributed by atoms with E-state index in [1.165, 1.54) is 0 Å². The molecule has 2 N–H and O–H groups in total. The molecule has 10 heteroatoms. The molecule has 0 saturated carbocycles. The molecule has 2 heterocycles. The number of hydrogen-bond acceptors (Lipinski definition) is 6. The van der Waals surface area contributed by atoms with Gasteiger partial charge in [0, 0.05) is 39.0 Å². The van der Waals surface area contributed by atoms with Crippen molar-refractivity contribution < 1.29 is 28.7 Å². The number of ether oxygens (including phenoxy) is 2. The molecular formula is C38H46N4O6. The van der Waals surface area contributed by atoms with Gasteiger partial charge in [0.25, 0.3) is 0 Å². The Hall–Kier alpha value is -4.86. The van der Waals surface area contributed by atoms with Crippen LogP contribution in [-0.4, -0.2) is 77.7 Å². The zero-order valence-corrected chi connectivity index (χ0v) is 28.0. The Bertz CT molecular complexity index is 1510. The van der Waals surface area contributed by atoms with Gasteiger partial charge >= 0.3 is 12.2 Å². The molecule has 2 bridgehead atoms. The lowest BCUT2D eigenvalue weighted by Gasteiger charge is -2.47. The third-order valence-corrected chi connectivity index (χ3v) is 8.56. The molecule has 3 aromatic rings. The fourth-order valence-corrected chi connectivity index (χ4v) is 6.54. The van der Waals surface area contributed by atoms with E-state index >= 15 is 0 Å². The van der Waals surface area contributed by atoms with Gasteiger partial charge in [0.05, 0.1) is 0 Å². The zero-order chi connectivity index (χ0) is 34.1. The number of fused-ring (bicyclic) bond motifs is 2. The van der Waals surface area contributed by atoms with E-state index in [9.17, 15) is 19.2 Å². The third kappa shape index (κ3) is 10.1. The average Bonchev–Trinajstić information content (AvgIpc) is 3.06. The van der Waals surface area contributed by atoms with E-state index in [0.717, 1.165) is 23.1 Å². The van der Waals surface area contributed by atoms with Crippen molar-refractivity contribution in [3.05, 3.63) is 108 Å². The Morgan fingerprint density at radius 1 is 0.646 bits per heavy atom. The Morgan fingerprint density at radius 2 is 1.04 bits per heavy atom. The van der Waals surface area contributed by atoms with Crippen LogP contribution in [0.15, 0.2) is 91.0 Å². The van der Waals surface area contributed by atoms with Gasteiger partial charge < -0.3 is 29.9 Å². The van der Waals surface area contributed by atoms with Crippen LogP contribution in [0.3, 0.4) is 0 Å². The summed E-state index contributed by atoms with van der Waals surface area (Å²) in [5.41, 5.74) is 2.01. The van der Waals surface area contributed by atoms with E-state index in [1.807, 2.05) is 101 Å². The van der Waals surface area contributed by atoms with Gasteiger partial charge in [0.2, 0.25) is 11.8 Å². The van der Waals surface area contributed by atoms with Gasteiger partial charge in [-0.25, -0.2) is 9.59 Å². The Balaban J connectivity index is 1.24. The number of carbonyl (C=O) groups excluding carboxylic acids is 4. The number of rotatable bonds is 10. The first-order valence-electron chi connectivity index (χ1n) is 16.6. The average molecular weight is 655 g/mol. The van der Waals surface area contributed by atoms with Crippen LogP contribution in [-0.2, 0) is 38.5 Å². The molecule has 4 amide bonds. The van der Waals surface area contributed by atoms with Gasteiger partial charge in [0.15, 0.2) is 0 Å². The Morgan fingerprint density at radius 3 is 1.46 bits per heavy atom. The van der Waals surface area contributed by atoms with E-state index in [0.29, 0.717) is 39.0 Å². The minimum atomic E-state index is -0.805. The summed E-state index contributed by atoms with van der Waals surface area (Å²) in [5.74, 6) is -0.207. The lowest BCUT2D eigenvalue weighted by Crippen LogP contribution is -2.61. The molecule has 0 aliphatic carbocycles. The van der Waals surface area contributed by atoms with E-state index in [2.05, 4.69) is 10.6 Å². The molecule has 5 rings (SSSR count). The molecule has 4 atom stereocenters. The lowest BCUT2D eigenvalue weighted by molar-refractivity contribution is -0.143. The largest absolute Gasteiger partial charge is 0.445 e. The van der Waals surface area contributed by atoms with Crippen LogP contribution in [0.2, 0.25) is 0 Å². The molecule has 2 aliphatic heterocycles. The Kier molecular flexibility index (Phi) is 11.4. The van der Waals surface area contributed by atoms with Crippen molar-refractivity contribution >= 4 is 24.0 Å². The van der Waals surface area contributed by atoms with Gasteiger partial charge in [-0.3, -0.25) is 9.59 Å². The summed E-state index contributed by atoms with van der Waals surface area (Å²) in [4.78, 5) is 57.3. The van der Waals surface area contributed by atoms with Crippen molar-refractivity contribution in [1.82, 2.24) is 20.4 Å². The summed E-state index contributed by atoms with van der Waals surface area (Å²) in [6, 6.07) is 27.0. The SMILES string of the molecule is CC(C)(C)OC(=O)N[C@@H](Cc1ccccc1)C(=O)N1CC2CC(CN(C(=O)[C@H](Cc3ccccc3)NC(=O)OCc3ccccc3)C2)C1. The summed E-state index contributed by atoms with van der Waals surface area (Å²) >= 11 is 0. The maximum absolute atomic E-state index is 14.0. The van der Waals surface area contributed by atoms with E-state index in [4.69, 9.17) is 9.47 Å². The second-order valence-electron chi connectivity index (χ2n) is 13.8. The van der Waals surface area contributed by atoms with Crippen LogP contribution >= 0.6 is 0 Å². The molecule has 0 spiro atoms. The standard InChI is InChI=1S/C38H46N4O6/c1-38(2,3)48-37(46)40-33(21-28-15-9-5-10-16-28)35(44)42-24-30-19-31(25-42)23-41(22-30)34(43)32(20-27-13-7-4-8-14-27)39-36(45)47-26-29-17-11-6-12-18-29/h4-18,30-33H,19-26H2,1-3H3,(H,39,45)(H,40,46)/t30?,31?,32-,33-/m0/s1. The number of carbonyl (C=O) groups is 4. The lowest BCUT2D eigenvalue weighted by atomic mass is 9.83. The van der Waals surface area contributed by atoms with Crippen molar-refractivity contribution in [3.63, 3.8) is 0 Å². The van der Waals surface area contributed by atoms with E-state index in [-0.39, 0.29) is 30.3 Å². The molecule has 0 radical (unpaired) electrons. The number of hydrogen-bond donors (Lipinski definition) is 2. The van der Waals surface area contributed by atoms with Crippen LogP contribution in [0.4, 0.5) is 9.59 Å². The molecule has 2 fully saturated rings. The molecule has 48 heavy (non-hydrogen) atoms. The predicted octanol–water partition coefficient (Wildman–Crippen LogP) is 4.97. The highest BCUT2D eigenvalue weighted by atomic mass is 16.6. The van der Waals surface area contributed by atoms with Gasteiger partial charge in [-0.05, 0) is 55.7 Å². The summed E-state index contributed by atoms with van der Waals surface area (Å²) in [6.07, 6.45) is 0.275. The molecule has 0 aromatic heterocycles. The molecule has 2 unspecified atom stereocenters. The minimum Gasteiger partial charge on any atom is -0.445 e. The minimum absolute atomic E-state index is 0.0618. The van der Waals surface area contributed by atoms with Crippen LogP contribution < -0.4 is 10.6 Å². The topological polar surface area (TPSA) is 117 Å². The first-order valence-corrected chi connectivity index (χ1v) is 16.6. The number of nitrogens with one attached hydrogen (secondary N) is 2. The van der Waals surface area contributed by atoms with Crippen LogP contribution in [0.1, 0.15) is 43.9 Å².